The summed E-state index contributed by atoms with van der Waals surface area (Å²) < 4.78 is 0. The molecule has 25 heavy (non-hydrogen) atoms. The summed E-state index contributed by atoms with van der Waals surface area (Å²) in [5.41, 5.74) is 1.17. The zero-order valence-electron chi connectivity index (χ0n) is 13.9. The van der Waals surface area contributed by atoms with E-state index in [1.54, 1.807) is 43.5 Å². The third kappa shape index (κ3) is 4.28. The monoisotopic (exact) mass is 358 g/mol. The van der Waals surface area contributed by atoms with Crippen molar-refractivity contribution in [3.63, 3.8) is 0 Å². The quantitative estimate of drug-likeness (QED) is 0.916. The third-order valence-electron chi connectivity index (χ3n) is 4.16. The molecule has 2 aromatic rings. The average Bonchev–Trinajstić information content (AvgIpc) is 2.64. The molecule has 1 aliphatic heterocycles. The summed E-state index contributed by atoms with van der Waals surface area (Å²) in [6.07, 6.45) is 1.57. The zero-order chi connectivity index (χ0) is 17.8. The number of halogens is 1. The van der Waals surface area contributed by atoms with Crippen LogP contribution in [0, 0.1) is 0 Å². The summed E-state index contributed by atoms with van der Waals surface area (Å²) in [6.45, 7) is 4.44. The Morgan fingerprint density at radius 3 is 2.28 bits per heavy atom. The van der Waals surface area contributed by atoms with Crippen LogP contribution in [0.1, 0.15) is 17.3 Å². The van der Waals surface area contributed by atoms with E-state index in [1.165, 1.54) is 0 Å². The van der Waals surface area contributed by atoms with E-state index in [2.05, 4.69) is 15.2 Å². The number of nitrogens with one attached hydrogen (secondary N) is 1. The van der Waals surface area contributed by atoms with Gasteiger partial charge in [-0.3, -0.25) is 9.59 Å². The molecule has 1 aromatic carbocycles. The van der Waals surface area contributed by atoms with Crippen molar-refractivity contribution < 1.29 is 9.59 Å². The van der Waals surface area contributed by atoms with Crippen LogP contribution in [0.4, 0.5) is 11.5 Å². The van der Waals surface area contributed by atoms with Gasteiger partial charge in [0, 0.05) is 50.0 Å². The number of amides is 2. The Kier molecular flexibility index (Phi) is 5.19. The van der Waals surface area contributed by atoms with Crippen molar-refractivity contribution >= 4 is 34.9 Å². The molecule has 6 nitrogen and oxygen atoms in total. The van der Waals surface area contributed by atoms with E-state index in [4.69, 9.17) is 11.6 Å². The fourth-order valence-electron chi connectivity index (χ4n) is 2.69. The van der Waals surface area contributed by atoms with Crippen LogP contribution in [0.3, 0.4) is 0 Å². The van der Waals surface area contributed by atoms with Crippen molar-refractivity contribution in [3.05, 3.63) is 53.2 Å². The standard InChI is InChI=1S/C18H19ClN4O2/c1-13(24)22-8-10-23(11-9-22)17-7-2-14(12-20-17)18(25)21-16-5-3-15(19)4-6-16/h2-7,12H,8-11H2,1H3,(H,21,25). The number of rotatable bonds is 3. The maximum absolute atomic E-state index is 12.3. The first-order chi connectivity index (χ1) is 12.0. The molecular weight excluding hydrogens is 340 g/mol. The van der Waals surface area contributed by atoms with Gasteiger partial charge in [0.15, 0.2) is 0 Å². The number of piperazine rings is 1. The summed E-state index contributed by atoms with van der Waals surface area (Å²) in [5, 5.41) is 3.43. The van der Waals surface area contributed by atoms with Crippen molar-refractivity contribution in [1.82, 2.24) is 9.88 Å². The molecule has 130 valence electrons. The third-order valence-corrected chi connectivity index (χ3v) is 4.41. The van der Waals surface area contributed by atoms with E-state index in [-0.39, 0.29) is 11.8 Å². The number of carbonyl (C=O) groups is 2. The summed E-state index contributed by atoms with van der Waals surface area (Å²) >= 11 is 5.83. The van der Waals surface area contributed by atoms with Crippen LogP contribution in [-0.4, -0.2) is 47.9 Å². The van der Waals surface area contributed by atoms with Crippen LogP contribution >= 0.6 is 11.6 Å². The molecule has 2 heterocycles. The van der Waals surface area contributed by atoms with Crippen LogP contribution in [0.25, 0.3) is 0 Å². The molecule has 0 aliphatic carbocycles. The Labute approximate surface area is 151 Å². The number of hydrogen-bond donors (Lipinski definition) is 1. The second-order valence-corrected chi connectivity index (χ2v) is 6.30. The molecule has 0 bridgehead atoms. The van der Waals surface area contributed by atoms with E-state index in [0.29, 0.717) is 29.4 Å². The molecule has 1 fully saturated rings. The van der Waals surface area contributed by atoms with Crippen LogP contribution in [0.5, 0.6) is 0 Å². The largest absolute Gasteiger partial charge is 0.353 e. The maximum Gasteiger partial charge on any atom is 0.257 e. The highest BCUT2D eigenvalue weighted by molar-refractivity contribution is 6.30. The van der Waals surface area contributed by atoms with Gasteiger partial charge in [0.05, 0.1) is 5.56 Å². The van der Waals surface area contributed by atoms with E-state index in [9.17, 15) is 9.59 Å². The first-order valence-corrected chi connectivity index (χ1v) is 8.44. The Bertz CT molecular complexity index is 754. The van der Waals surface area contributed by atoms with E-state index in [1.807, 2.05) is 11.0 Å². The number of nitrogens with zero attached hydrogens (tertiary/aromatic N) is 3. The number of aromatic nitrogens is 1. The molecule has 0 spiro atoms. The highest BCUT2D eigenvalue weighted by atomic mass is 35.5. The van der Waals surface area contributed by atoms with Gasteiger partial charge >= 0.3 is 0 Å². The van der Waals surface area contributed by atoms with E-state index < -0.39 is 0 Å². The molecule has 0 radical (unpaired) electrons. The van der Waals surface area contributed by atoms with Crippen LogP contribution in [0.15, 0.2) is 42.6 Å². The molecule has 1 saturated heterocycles. The van der Waals surface area contributed by atoms with Gasteiger partial charge in [0.25, 0.3) is 5.91 Å². The SMILES string of the molecule is CC(=O)N1CCN(c2ccc(C(=O)Nc3ccc(Cl)cc3)cn2)CC1. The van der Waals surface area contributed by atoms with Gasteiger partial charge in [-0.05, 0) is 36.4 Å². The van der Waals surface area contributed by atoms with Gasteiger partial charge in [0.1, 0.15) is 5.82 Å². The minimum Gasteiger partial charge on any atom is -0.353 e. The predicted molar refractivity (Wildman–Crippen MR) is 98.1 cm³/mol. The Balaban J connectivity index is 1.61. The van der Waals surface area contributed by atoms with E-state index in [0.717, 1.165) is 18.9 Å². The van der Waals surface area contributed by atoms with Crippen LogP contribution in [0.2, 0.25) is 5.02 Å². The molecule has 0 unspecified atom stereocenters. The van der Waals surface area contributed by atoms with Gasteiger partial charge in [-0.2, -0.15) is 0 Å². The Morgan fingerprint density at radius 2 is 1.72 bits per heavy atom. The Hall–Kier alpha value is -2.60. The molecular formula is C18H19ClN4O2. The molecule has 0 saturated carbocycles. The first-order valence-electron chi connectivity index (χ1n) is 8.06. The number of pyridine rings is 1. The molecule has 0 atom stereocenters. The van der Waals surface area contributed by atoms with Crippen molar-refractivity contribution in [2.45, 2.75) is 6.92 Å². The molecule has 3 rings (SSSR count). The lowest BCUT2D eigenvalue weighted by molar-refractivity contribution is -0.129. The lowest BCUT2D eigenvalue weighted by atomic mass is 10.2. The fraction of sp³-hybridized carbons (Fsp3) is 0.278. The predicted octanol–water partition coefficient (Wildman–Crippen LogP) is 2.66. The van der Waals surface area contributed by atoms with Gasteiger partial charge in [-0.1, -0.05) is 11.6 Å². The minimum absolute atomic E-state index is 0.0989. The lowest BCUT2D eigenvalue weighted by Crippen LogP contribution is -2.48. The molecule has 1 aliphatic rings. The Morgan fingerprint density at radius 1 is 1.04 bits per heavy atom. The average molecular weight is 359 g/mol. The molecule has 2 amide bonds. The van der Waals surface area contributed by atoms with Crippen LogP contribution in [-0.2, 0) is 4.79 Å². The summed E-state index contributed by atoms with van der Waals surface area (Å²) in [6, 6.07) is 10.5. The zero-order valence-corrected chi connectivity index (χ0v) is 14.7. The number of benzene rings is 1. The van der Waals surface area contributed by atoms with Gasteiger partial charge in [0.2, 0.25) is 5.91 Å². The molecule has 7 heteroatoms. The highest BCUT2D eigenvalue weighted by Crippen LogP contribution is 2.17. The number of carbonyl (C=O) groups excluding carboxylic acids is 2. The highest BCUT2D eigenvalue weighted by Gasteiger charge is 2.19. The molecule has 1 N–H and O–H groups in total. The minimum atomic E-state index is -0.220. The first kappa shape index (κ1) is 17.2. The normalized spacial score (nSPS) is 14.3. The summed E-state index contributed by atoms with van der Waals surface area (Å²) in [5.74, 6) is 0.691. The lowest BCUT2D eigenvalue weighted by Gasteiger charge is -2.34. The summed E-state index contributed by atoms with van der Waals surface area (Å²) in [7, 11) is 0. The molecule has 1 aromatic heterocycles. The van der Waals surface area contributed by atoms with Crippen molar-refractivity contribution in [3.8, 4) is 0 Å². The van der Waals surface area contributed by atoms with Gasteiger partial charge in [-0.25, -0.2) is 4.98 Å². The second kappa shape index (κ2) is 7.53. The maximum atomic E-state index is 12.3. The van der Waals surface area contributed by atoms with E-state index >= 15 is 0 Å². The fourth-order valence-corrected chi connectivity index (χ4v) is 2.82. The van der Waals surface area contributed by atoms with Crippen molar-refractivity contribution in [2.75, 3.05) is 36.4 Å². The van der Waals surface area contributed by atoms with Gasteiger partial charge in [-0.15, -0.1) is 0 Å². The number of anilines is 2. The number of hydrogen-bond acceptors (Lipinski definition) is 4. The van der Waals surface area contributed by atoms with Gasteiger partial charge < -0.3 is 15.1 Å². The van der Waals surface area contributed by atoms with Crippen molar-refractivity contribution in [2.24, 2.45) is 0 Å². The smallest absolute Gasteiger partial charge is 0.257 e. The van der Waals surface area contributed by atoms with Crippen LogP contribution < -0.4 is 10.2 Å². The van der Waals surface area contributed by atoms with Crippen molar-refractivity contribution in [1.29, 1.82) is 0 Å². The second-order valence-electron chi connectivity index (χ2n) is 5.86. The summed E-state index contributed by atoms with van der Waals surface area (Å²) in [4.78, 5) is 32.0. The topological polar surface area (TPSA) is 65.5 Å².